The minimum absolute atomic E-state index is 0.0339. The van der Waals surface area contributed by atoms with Crippen LogP contribution in [-0.4, -0.2) is 44.0 Å². The van der Waals surface area contributed by atoms with Gasteiger partial charge in [0.05, 0.1) is 10.9 Å². The van der Waals surface area contributed by atoms with E-state index in [9.17, 15) is 13.2 Å². The lowest BCUT2D eigenvalue weighted by Gasteiger charge is -2.41. The number of carbonyl (C=O) groups is 1. The van der Waals surface area contributed by atoms with Crippen molar-refractivity contribution in [3.8, 4) is 0 Å². The average Bonchev–Trinajstić information content (AvgIpc) is 2.62. The molecule has 1 saturated heterocycles. The smallest absolute Gasteiger partial charge is 0.254 e. The van der Waals surface area contributed by atoms with Gasteiger partial charge in [0.25, 0.3) is 5.91 Å². The van der Waals surface area contributed by atoms with E-state index in [4.69, 9.17) is 5.11 Å². The first-order chi connectivity index (χ1) is 12.5. The van der Waals surface area contributed by atoms with Crippen LogP contribution in [0.25, 0.3) is 0 Å². The molecule has 1 heterocycles. The molecule has 26 heavy (non-hydrogen) atoms. The molecule has 6 nitrogen and oxygen atoms in total. The molecule has 2 aromatic carbocycles. The van der Waals surface area contributed by atoms with Crippen LogP contribution in [0.3, 0.4) is 0 Å². The van der Waals surface area contributed by atoms with Crippen molar-refractivity contribution < 1.29 is 18.3 Å². The molecule has 3 rings (SSSR count). The van der Waals surface area contributed by atoms with E-state index in [2.05, 4.69) is 4.72 Å². The van der Waals surface area contributed by atoms with Crippen molar-refractivity contribution in [2.75, 3.05) is 19.7 Å². The molecule has 0 aromatic heterocycles. The second kappa shape index (κ2) is 7.99. The Balaban J connectivity index is 1.77. The van der Waals surface area contributed by atoms with Crippen LogP contribution >= 0.6 is 0 Å². The number of hydrogen-bond acceptors (Lipinski definition) is 4. The molecule has 1 amide bonds. The minimum atomic E-state index is -3.70. The van der Waals surface area contributed by atoms with Crippen molar-refractivity contribution in [2.45, 2.75) is 23.8 Å². The summed E-state index contributed by atoms with van der Waals surface area (Å²) in [5.41, 5.74) is 1.44. The number of aliphatic hydroxyl groups excluding tert-OH is 1. The highest BCUT2D eigenvalue weighted by Gasteiger charge is 2.34. The Labute approximate surface area is 153 Å². The molecule has 0 aliphatic carbocycles. The van der Waals surface area contributed by atoms with E-state index in [0.717, 1.165) is 12.0 Å². The molecule has 7 heteroatoms. The van der Waals surface area contributed by atoms with Crippen molar-refractivity contribution in [3.63, 3.8) is 0 Å². The lowest BCUT2D eigenvalue weighted by molar-refractivity contribution is 0.0460. The summed E-state index contributed by atoms with van der Waals surface area (Å²) < 4.78 is 27.0. The van der Waals surface area contributed by atoms with Gasteiger partial charge in [0, 0.05) is 25.3 Å². The Hall–Kier alpha value is -2.22. The van der Waals surface area contributed by atoms with Gasteiger partial charge >= 0.3 is 0 Å². The minimum Gasteiger partial charge on any atom is -0.396 e. The van der Waals surface area contributed by atoms with Crippen molar-refractivity contribution >= 4 is 15.9 Å². The van der Waals surface area contributed by atoms with E-state index < -0.39 is 10.0 Å². The second-order valence-electron chi connectivity index (χ2n) is 6.22. The maximum absolute atomic E-state index is 12.8. The van der Waals surface area contributed by atoms with Gasteiger partial charge in [-0.3, -0.25) is 4.79 Å². The Bertz CT molecular complexity index is 868. The molecular weight excluding hydrogens is 352 g/mol. The summed E-state index contributed by atoms with van der Waals surface area (Å²) >= 11 is 0. The fourth-order valence-electron chi connectivity index (χ4n) is 2.98. The number of aliphatic hydroxyl groups is 1. The SMILES string of the molecule is O=C(c1cccc(S(=O)(=O)NCCCO)c1)N1CCC1c1ccccc1. The number of likely N-dealkylation sites (tertiary alicyclic amines) is 1. The van der Waals surface area contributed by atoms with Gasteiger partial charge in [-0.2, -0.15) is 0 Å². The zero-order valence-electron chi connectivity index (χ0n) is 14.3. The Morgan fingerprint density at radius 3 is 2.58 bits per heavy atom. The Kier molecular flexibility index (Phi) is 5.70. The number of nitrogens with one attached hydrogen (secondary N) is 1. The van der Waals surface area contributed by atoms with E-state index in [-0.39, 0.29) is 30.0 Å². The summed E-state index contributed by atoms with van der Waals surface area (Å²) in [7, 11) is -3.70. The van der Waals surface area contributed by atoms with E-state index in [0.29, 0.717) is 18.5 Å². The maximum Gasteiger partial charge on any atom is 0.254 e. The summed E-state index contributed by atoms with van der Waals surface area (Å²) in [5.74, 6) is -0.169. The van der Waals surface area contributed by atoms with Gasteiger partial charge in [-0.25, -0.2) is 13.1 Å². The van der Waals surface area contributed by atoms with Crippen molar-refractivity contribution in [1.29, 1.82) is 0 Å². The Morgan fingerprint density at radius 2 is 1.92 bits per heavy atom. The normalized spacial score (nSPS) is 17.0. The third-order valence-corrected chi connectivity index (χ3v) is 5.94. The van der Waals surface area contributed by atoms with Gasteiger partial charge in [0.2, 0.25) is 10.0 Å². The first kappa shape index (κ1) is 18.6. The number of carbonyl (C=O) groups excluding carboxylic acids is 1. The van der Waals surface area contributed by atoms with Crippen LogP contribution in [0.4, 0.5) is 0 Å². The number of amides is 1. The zero-order valence-corrected chi connectivity index (χ0v) is 15.2. The summed E-state index contributed by atoms with van der Waals surface area (Å²) in [6.45, 7) is 0.722. The van der Waals surface area contributed by atoms with Gasteiger partial charge in [-0.1, -0.05) is 36.4 Å². The van der Waals surface area contributed by atoms with Crippen LogP contribution in [-0.2, 0) is 10.0 Å². The third kappa shape index (κ3) is 3.95. The molecule has 0 bridgehead atoms. The number of hydrogen-bond donors (Lipinski definition) is 2. The first-order valence-electron chi connectivity index (χ1n) is 8.59. The maximum atomic E-state index is 12.8. The van der Waals surface area contributed by atoms with Gasteiger partial charge in [-0.05, 0) is 36.6 Å². The van der Waals surface area contributed by atoms with Crippen LogP contribution in [0.1, 0.15) is 34.8 Å². The van der Waals surface area contributed by atoms with Crippen LogP contribution < -0.4 is 4.72 Å². The van der Waals surface area contributed by atoms with Gasteiger partial charge < -0.3 is 10.0 Å². The van der Waals surface area contributed by atoms with E-state index in [1.165, 1.54) is 12.1 Å². The van der Waals surface area contributed by atoms with E-state index in [1.807, 2.05) is 30.3 Å². The van der Waals surface area contributed by atoms with Crippen molar-refractivity contribution in [1.82, 2.24) is 9.62 Å². The fraction of sp³-hybridized carbons (Fsp3) is 0.316. The van der Waals surface area contributed by atoms with Crippen LogP contribution in [0.2, 0.25) is 0 Å². The fourth-order valence-corrected chi connectivity index (χ4v) is 4.10. The first-order valence-corrected chi connectivity index (χ1v) is 10.1. The highest BCUT2D eigenvalue weighted by Crippen LogP contribution is 2.34. The molecule has 1 aliphatic heterocycles. The van der Waals surface area contributed by atoms with Gasteiger partial charge in [0.1, 0.15) is 0 Å². The van der Waals surface area contributed by atoms with Gasteiger partial charge in [-0.15, -0.1) is 0 Å². The van der Waals surface area contributed by atoms with Crippen LogP contribution in [0, 0.1) is 0 Å². The monoisotopic (exact) mass is 374 g/mol. The number of sulfonamides is 1. The summed E-state index contributed by atoms with van der Waals surface area (Å²) in [4.78, 5) is 14.6. The number of benzene rings is 2. The third-order valence-electron chi connectivity index (χ3n) is 4.48. The predicted molar refractivity (Wildman–Crippen MR) is 98.2 cm³/mol. The molecule has 1 aliphatic rings. The van der Waals surface area contributed by atoms with E-state index in [1.54, 1.807) is 17.0 Å². The molecule has 2 aromatic rings. The van der Waals surface area contributed by atoms with Crippen LogP contribution in [0.5, 0.6) is 0 Å². The number of nitrogens with zero attached hydrogens (tertiary/aromatic N) is 1. The quantitative estimate of drug-likeness (QED) is 0.725. The van der Waals surface area contributed by atoms with Crippen LogP contribution in [0.15, 0.2) is 59.5 Å². The summed E-state index contributed by atoms with van der Waals surface area (Å²) in [6, 6.07) is 15.9. The molecule has 1 fully saturated rings. The highest BCUT2D eigenvalue weighted by atomic mass is 32.2. The standard InChI is InChI=1S/C19H22N2O4S/c22-13-5-11-20-26(24,25)17-9-4-8-16(14-17)19(23)21-12-10-18(21)15-6-2-1-3-7-15/h1-4,6-9,14,18,20,22H,5,10-13H2. The van der Waals surface area contributed by atoms with E-state index >= 15 is 0 Å². The molecule has 0 saturated carbocycles. The molecule has 1 unspecified atom stereocenters. The number of rotatable bonds is 7. The molecule has 138 valence electrons. The van der Waals surface area contributed by atoms with Gasteiger partial charge in [0.15, 0.2) is 0 Å². The summed E-state index contributed by atoms with van der Waals surface area (Å²) in [6.07, 6.45) is 1.24. The largest absolute Gasteiger partial charge is 0.396 e. The molecule has 2 N–H and O–H groups in total. The lowest BCUT2D eigenvalue weighted by Crippen LogP contribution is -2.45. The molecule has 0 radical (unpaired) electrons. The summed E-state index contributed by atoms with van der Waals surface area (Å²) in [5, 5.41) is 8.78. The molecule has 0 spiro atoms. The zero-order chi connectivity index (χ0) is 18.6. The average molecular weight is 374 g/mol. The highest BCUT2D eigenvalue weighted by molar-refractivity contribution is 7.89. The molecule has 1 atom stereocenters. The Morgan fingerprint density at radius 1 is 1.15 bits per heavy atom. The topological polar surface area (TPSA) is 86.7 Å². The molecular formula is C19H22N2O4S. The lowest BCUT2D eigenvalue weighted by atomic mass is 9.94. The van der Waals surface area contributed by atoms with Crippen molar-refractivity contribution in [2.24, 2.45) is 0 Å². The predicted octanol–water partition coefficient (Wildman–Crippen LogP) is 1.93. The second-order valence-corrected chi connectivity index (χ2v) is 7.98. The van der Waals surface area contributed by atoms with Crippen molar-refractivity contribution in [3.05, 3.63) is 65.7 Å².